The highest BCUT2D eigenvalue weighted by Crippen LogP contribution is 2.25. The molecule has 0 bridgehead atoms. The van der Waals surface area contributed by atoms with E-state index < -0.39 is 15.8 Å². The quantitative estimate of drug-likeness (QED) is 0.307. The molecule has 0 amide bonds. The van der Waals surface area contributed by atoms with Crippen LogP contribution in [0.2, 0.25) is 0 Å². The smallest absolute Gasteiger partial charge is 0.338 e. The zero-order valence-electron chi connectivity index (χ0n) is 15.8. The third-order valence-electron chi connectivity index (χ3n) is 4.27. The Balaban J connectivity index is 1.67. The molecule has 152 valence electrons. The van der Waals surface area contributed by atoms with Crippen LogP contribution in [0.3, 0.4) is 0 Å². The van der Waals surface area contributed by atoms with Crippen LogP contribution in [-0.2, 0) is 11.3 Å². The molecule has 9 nitrogen and oxygen atoms in total. The predicted octanol–water partition coefficient (Wildman–Crippen LogP) is 4.96. The number of hydrogen-bond acceptors (Lipinski definition) is 7. The summed E-state index contributed by atoms with van der Waals surface area (Å²) < 4.78 is 11.0. The first-order valence-electron chi connectivity index (χ1n) is 8.77. The molecule has 0 fully saturated rings. The van der Waals surface area contributed by atoms with Crippen molar-refractivity contribution in [2.24, 2.45) is 0 Å². The Morgan fingerprint density at radius 2 is 1.60 bits per heavy atom. The predicted molar refractivity (Wildman–Crippen MR) is 107 cm³/mol. The largest absolute Gasteiger partial charge is 0.457 e. The number of nitro benzene ring substituents is 2. The van der Waals surface area contributed by atoms with E-state index in [4.69, 9.17) is 9.47 Å². The zero-order valence-corrected chi connectivity index (χ0v) is 15.8. The Morgan fingerprint density at radius 3 is 2.27 bits per heavy atom. The topological polar surface area (TPSA) is 122 Å². The molecule has 9 heteroatoms. The van der Waals surface area contributed by atoms with Gasteiger partial charge in [0.25, 0.3) is 11.4 Å². The van der Waals surface area contributed by atoms with Gasteiger partial charge in [0.1, 0.15) is 18.1 Å². The summed E-state index contributed by atoms with van der Waals surface area (Å²) in [6.07, 6.45) is 0. The van der Waals surface area contributed by atoms with Crippen LogP contribution in [0.4, 0.5) is 11.4 Å². The Hall–Kier alpha value is -4.27. The number of hydrogen-bond donors (Lipinski definition) is 0. The summed E-state index contributed by atoms with van der Waals surface area (Å²) >= 11 is 0. The molecule has 0 radical (unpaired) electrons. The lowest BCUT2D eigenvalue weighted by atomic mass is 10.1. The van der Waals surface area contributed by atoms with Gasteiger partial charge in [-0.05, 0) is 42.8 Å². The second kappa shape index (κ2) is 8.82. The van der Waals surface area contributed by atoms with Crippen LogP contribution in [0.15, 0.2) is 66.7 Å². The number of nitro groups is 2. The van der Waals surface area contributed by atoms with E-state index in [9.17, 15) is 25.0 Å². The van der Waals surface area contributed by atoms with Crippen LogP contribution >= 0.6 is 0 Å². The van der Waals surface area contributed by atoms with E-state index in [1.54, 1.807) is 24.3 Å². The molecule has 0 heterocycles. The normalized spacial score (nSPS) is 10.3. The van der Waals surface area contributed by atoms with Crippen molar-refractivity contribution in [2.75, 3.05) is 0 Å². The standard InChI is InChI=1S/C21H16N2O7/c1-14-19(6-3-7-20(14)23(27)28)21(24)29-13-15-4-2-5-18(12-15)30-17-10-8-16(9-11-17)22(25)26/h2-12H,13H2,1H3. The van der Waals surface area contributed by atoms with E-state index in [-0.39, 0.29) is 29.1 Å². The molecule has 0 aliphatic rings. The van der Waals surface area contributed by atoms with Gasteiger partial charge >= 0.3 is 5.97 Å². The minimum Gasteiger partial charge on any atom is -0.457 e. The second-order valence-electron chi connectivity index (χ2n) is 6.28. The molecule has 0 saturated carbocycles. The van der Waals surface area contributed by atoms with Gasteiger partial charge < -0.3 is 9.47 Å². The van der Waals surface area contributed by atoms with Crippen LogP contribution in [0.25, 0.3) is 0 Å². The number of benzene rings is 3. The lowest BCUT2D eigenvalue weighted by Crippen LogP contribution is -2.08. The van der Waals surface area contributed by atoms with Crippen LogP contribution in [0.1, 0.15) is 21.5 Å². The lowest BCUT2D eigenvalue weighted by molar-refractivity contribution is -0.385. The van der Waals surface area contributed by atoms with Gasteiger partial charge in [-0.1, -0.05) is 18.2 Å². The maximum atomic E-state index is 12.3. The molecule has 0 aliphatic heterocycles. The number of esters is 1. The molecule has 0 atom stereocenters. The summed E-state index contributed by atoms with van der Waals surface area (Å²) in [5.74, 6) is 0.212. The van der Waals surface area contributed by atoms with Crippen molar-refractivity contribution in [1.29, 1.82) is 0 Å². The third-order valence-corrected chi connectivity index (χ3v) is 4.27. The molecule has 3 aromatic carbocycles. The monoisotopic (exact) mass is 408 g/mol. The molecular weight excluding hydrogens is 392 g/mol. The van der Waals surface area contributed by atoms with Gasteiger partial charge in [0.2, 0.25) is 0 Å². The first-order chi connectivity index (χ1) is 14.3. The summed E-state index contributed by atoms with van der Waals surface area (Å²) in [5, 5.41) is 21.7. The number of rotatable bonds is 7. The fraction of sp³-hybridized carbons (Fsp3) is 0.0952. The van der Waals surface area contributed by atoms with Crippen molar-refractivity contribution >= 4 is 17.3 Å². The molecule has 3 rings (SSSR count). The molecule has 0 N–H and O–H groups in total. The third kappa shape index (κ3) is 4.76. The SMILES string of the molecule is Cc1c(C(=O)OCc2cccc(Oc3ccc([N+](=O)[O-])cc3)c2)cccc1[N+](=O)[O-]. The Kier molecular flexibility index (Phi) is 6.02. The van der Waals surface area contributed by atoms with E-state index in [1.807, 2.05) is 0 Å². The molecule has 0 aromatic heterocycles. The van der Waals surface area contributed by atoms with Gasteiger partial charge in [-0.25, -0.2) is 4.79 Å². The fourth-order valence-electron chi connectivity index (χ4n) is 2.74. The van der Waals surface area contributed by atoms with Gasteiger partial charge in [-0.3, -0.25) is 20.2 Å². The van der Waals surface area contributed by atoms with Gasteiger partial charge in [0, 0.05) is 23.8 Å². The van der Waals surface area contributed by atoms with Crippen LogP contribution < -0.4 is 4.74 Å². The van der Waals surface area contributed by atoms with Crippen molar-refractivity contribution in [3.63, 3.8) is 0 Å². The number of non-ortho nitro benzene ring substituents is 1. The van der Waals surface area contributed by atoms with Crippen LogP contribution in [0.5, 0.6) is 11.5 Å². The Labute approximate surface area is 170 Å². The summed E-state index contributed by atoms with van der Waals surface area (Å²) in [6.45, 7) is 1.44. The van der Waals surface area contributed by atoms with E-state index in [1.165, 1.54) is 49.4 Å². The summed E-state index contributed by atoms with van der Waals surface area (Å²) in [4.78, 5) is 33.0. The van der Waals surface area contributed by atoms with Gasteiger partial charge in [0.15, 0.2) is 0 Å². The van der Waals surface area contributed by atoms with E-state index in [0.29, 0.717) is 17.1 Å². The van der Waals surface area contributed by atoms with Crippen LogP contribution in [0, 0.1) is 27.2 Å². The number of nitrogens with zero attached hydrogens (tertiary/aromatic N) is 2. The minimum absolute atomic E-state index is 0.0422. The van der Waals surface area contributed by atoms with Crippen LogP contribution in [-0.4, -0.2) is 15.8 Å². The van der Waals surface area contributed by atoms with Gasteiger partial charge in [0.05, 0.1) is 15.4 Å². The van der Waals surface area contributed by atoms with Crippen molar-refractivity contribution in [2.45, 2.75) is 13.5 Å². The summed E-state index contributed by atoms with van der Waals surface area (Å²) in [7, 11) is 0. The van der Waals surface area contributed by atoms with E-state index in [2.05, 4.69) is 0 Å². The van der Waals surface area contributed by atoms with Crippen molar-refractivity contribution in [3.05, 3.63) is 104 Å². The summed E-state index contributed by atoms with van der Waals surface area (Å²) in [5.41, 5.74) is 0.818. The number of ether oxygens (including phenoxy) is 2. The van der Waals surface area contributed by atoms with Crippen molar-refractivity contribution < 1.29 is 24.1 Å². The van der Waals surface area contributed by atoms with Crippen molar-refractivity contribution in [3.8, 4) is 11.5 Å². The molecule has 0 unspecified atom stereocenters. The lowest BCUT2D eigenvalue weighted by Gasteiger charge is -2.09. The average Bonchev–Trinajstić information content (AvgIpc) is 2.72. The molecule has 0 saturated heterocycles. The Bertz CT molecular complexity index is 1110. The molecular formula is C21H16N2O7. The maximum Gasteiger partial charge on any atom is 0.338 e. The first kappa shape index (κ1) is 20.5. The molecule has 30 heavy (non-hydrogen) atoms. The molecule has 3 aromatic rings. The Morgan fingerprint density at radius 1 is 0.900 bits per heavy atom. The minimum atomic E-state index is -0.669. The fourth-order valence-corrected chi connectivity index (χ4v) is 2.74. The van der Waals surface area contributed by atoms with Crippen molar-refractivity contribution in [1.82, 2.24) is 0 Å². The highest BCUT2D eigenvalue weighted by atomic mass is 16.6. The highest BCUT2D eigenvalue weighted by molar-refractivity contribution is 5.92. The molecule has 0 spiro atoms. The maximum absolute atomic E-state index is 12.3. The first-order valence-corrected chi connectivity index (χ1v) is 8.77. The number of carbonyl (C=O) groups excluding carboxylic acids is 1. The van der Waals surface area contributed by atoms with Gasteiger partial charge in [-0.2, -0.15) is 0 Å². The van der Waals surface area contributed by atoms with E-state index in [0.717, 1.165) is 0 Å². The molecule has 0 aliphatic carbocycles. The number of carbonyl (C=O) groups is 1. The van der Waals surface area contributed by atoms with E-state index >= 15 is 0 Å². The zero-order chi connectivity index (χ0) is 21.7. The van der Waals surface area contributed by atoms with Gasteiger partial charge in [-0.15, -0.1) is 0 Å². The second-order valence-corrected chi connectivity index (χ2v) is 6.28. The average molecular weight is 408 g/mol. The summed E-state index contributed by atoms with van der Waals surface area (Å²) in [6, 6.07) is 16.7. The highest BCUT2D eigenvalue weighted by Gasteiger charge is 2.19.